The van der Waals surface area contributed by atoms with Crippen molar-refractivity contribution in [3.05, 3.63) is 4.91 Å². The minimum absolute atomic E-state index is 0.103. The van der Waals surface area contributed by atoms with Gasteiger partial charge in [-0.1, -0.05) is 5.92 Å². The maximum Gasteiger partial charge on any atom is 0.0810 e. The molecule has 2 nitrogen and oxygen atoms in total. The van der Waals surface area contributed by atoms with Crippen LogP contribution in [0.25, 0.3) is 0 Å². The molecule has 0 rings (SSSR count). The van der Waals surface area contributed by atoms with E-state index in [1.54, 1.807) is 0 Å². The lowest BCUT2D eigenvalue weighted by Crippen LogP contribution is -1.98. The van der Waals surface area contributed by atoms with Gasteiger partial charge in [0.05, 0.1) is 6.04 Å². The molecule has 0 aliphatic heterocycles. The summed E-state index contributed by atoms with van der Waals surface area (Å²) in [7, 11) is 0. The van der Waals surface area contributed by atoms with Crippen LogP contribution in [0.4, 0.5) is 0 Å². The van der Waals surface area contributed by atoms with Gasteiger partial charge in [0, 0.05) is 10.6 Å². The van der Waals surface area contributed by atoms with Crippen LogP contribution in [0.5, 0.6) is 0 Å². The van der Waals surface area contributed by atoms with E-state index in [0.29, 0.717) is 0 Å². The predicted octanol–water partition coefficient (Wildman–Crippen LogP) is 1.76. The zero-order valence-electron chi connectivity index (χ0n) is 5.36. The van der Waals surface area contributed by atoms with Gasteiger partial charge in [0.25, 0.3) is 0 Å². The summed E-state index contributed by atoms with van der Waals surface area (Å²) < 4.78 is 0. The van der Waals surface area contributed by atoms with Crippen molar-refractivity contribution < 1.29 is 0 Å². The molecular weight excluding hydrogens is 102 g/mol. The maximum absolute atomic E-state index is 9.43. The zero-order valence-corrected chi connectivity index (χ0v) is 5.36. The molecule has 0 aliphatic carbocycles. The van der Waals surface area contributed by atoms with Crippen molar-refractivity contribution in [1.82, 2.24) is 0 Å². The summed E-state index contributed by atoms with van der Waals surface area (Å²) in [5, 5.41) is 2.41. The topological polar surface area (TPSA) is 29.4 Å². The third kappa shape index (κ3) is 5.16. The highest BCUT2D eigenvalue weighted by atomic mass is 16.2. The lowest BCUT2D eigenvalue weighted by molar-refractivity contribution is 0.570. The van der Waals surface area contributed by atoms with Gasteiger partial charge in [-0.3, -0.25) is 0 Å². The Hall–Kier alpha value is -0.840. The average molecular weight is 111 g/mol. The first kappa shape index (κ1) is 7.16. The first-order valence-corrected chi connectivity index (χ1v) is 2.41. The molecule has 44 valence electrons. The van der Waals surface area contributed by atoms with Crippen LogP contribution < -0.4 is 0 Å². The van der Waals surface area contributed by atoms with Gasteiger partial charge in [-0.2, -0.15) is 0 Å². The summed E-state index contributed by atoms with van der Waals surface area (Å²) in [5.74, 6) is 2.64. The van der Waals surface area contributed by atoms with Gasteiger partial charge >= 0.3 is 0 Å². The molecule has 0 aromatic heterocycles. The van der Waals surface area contributed by atoms with Crippen LogP contribution in [0.2, 0.25) is 0 Å². The van der Waals surface area contributed by atoms with Crippen LogP contribution in [0.3, 0.4) is 0 Å². The third-order valence-electron chi connectivity index (χ3n) is 0.477. The summed E-state index contributed by atoms with van der Waals surface area (Å²) in [5.41, 5.74) is -0.103. The molecule has 0 atom stereocenters. The first-order chi connectivity index (χ1) is 3.56. The number of rotatable bonds is 0. The molecule has 0 saturated carbocycles. The minimum Gasteiger partial charge on any atom is -0.135 e. The molecule has 0 saturated heterocycles. The second kappa shape index (κ2) is 2.46. The largest absolute Gasteiger partial charge is 0.135 e. The Bertz CT molecular complexity index is 133. The molecule has 0 spiro atoms. The van der Waals surface area contributed by atoms with Crippen LogP contribution >= 0.6 is 0 Å². The molecule has 0 bridgehead atoms. The van der Waals surface area contributed by atoms with Gasteiger partial charge in [0.2, 0.25) is 0 Å². The zero-order chi connectivity index (χ0) is 6.62. The fourth-order valence-corrected chi connectivity index (χ4v) is 0.191. The van der Waals surface area contributed by atoms with Crippen LogP contribution in [-0.2, 0) is 0 Å². The first-order valence-electron chi connectivity index (χ1n) is 2.41. The smallest absolute Gasteiger partial charge is 0.0810 e. The molecular formula is C6H9NO. The quantitative estimate of drug-likeness (QED) is 0.346. The third-order valence-corrected chi connectivity index (χ3v) is 0.477. The summed E-state index contributed by atoms with van der Waals surface area (Å²) in [6.45, 7) is 5.77. The van der Waals surface area contributed by atoms with E-state index >= 15 is 0 Å². The van der Waals surface area contributed by atoms with E-state index in [0.717, 1.165) is 0 Å². The summed E-state index contributed by atoms with van der Waals surface area (Å²) >= 11 is 0. The lowest BCUT2D eigenvalue weighted by Gasteiger charge is -2.04. The second-order valence-corrected chi connectivity index (χ2v) is 2.58. The molecule has 0 radical (unpaired) electrons. The van der Waals surface area contributed by atoms with Crippen LogP contribution in [0, 0.1) is 22.3 Å². The molecule has 0 aromatic carbocycles. The fourth-order valence-electron chi connectivity index (χ4n) is 0.191. The minimum atomic E-state index is -0.103. The fraction of sp³-hybridized carbons (Fsp3) is 0.667. The highest BCUT2D eigenvalue weighted by molar-refractivity contribution is 5.05. The highest BCUT2D eigenvalue weighted by Gasteiger charge is 2.02. The van der Waals surface area contributed by atoms with Crippen LogP contribution in [-0.4, -0.2) is 0 Å². The van der Waals surface area contributed by atoms with Crippen molar-refractivity contribution in [1.29, 1.82) is 0 Å². The molecule has 0 amide bonds. The van der Waals surface area contributed by atoms with Crippen molar-refractivity contribution in [2.24, 2.45) is 10.6 Å². The Morgan fingerprint density at radius 1 is 1.38 bits per heavy atom. The van der Waals surface area contributed by atoms with Crippen molar-refractivity contribution >= 4 is 0 Å². The molecule has 0 fully saturated rings. The molecule has 0 aromatic rings. The van der Waals surface area contributed by atoms with Gasteiger partial charge in [-0.25, -0.2) is 0 Å². The summed E-state index contributed by atoms with van der Waals surface area (Å²) in [6.07, 6.45) is 0. The number of nitrogens with zero attached hydrogens (tertiary/aromatic N) is 1. The van der Waals surface area contributed by atoms with E-state index in [1.165, 1.54) is 0 Å². The molecule has 0 N–H and O–H groups in total. The Labute approximate surface area is 49.3 Å². The Morgan fingerprint density at radius 2 is 1.88 bits per heavy atom. The summed E-state index contributed by atoms with van der Waals surface area (Å²) in [4.78, 5) is 9.43. The van der Waals surface area contributed by atoms with Gasteiger partial charge < -0.3 is 0 Å². The maximum atomic E-state index is 9.43. The van der Waals surface area contributed by atoms with E-state index < -0.39 is 0 Å². The highest BCUT2D eigenvalue weighted by Crippen LogP contribution is 2.09. The number of hydrogen-bond donors (Lipinski definition) is 0. The SMILES string of the molecule is CC(C)(C)C#CN=O. The van der Waals surface area contributed by atoms with E-state index in [4.69, 9.17) is 0 Å². The number of nitroso groups, excluding NO2 is 1. The monoisotopic (exact) mass is 111 g/mol. The number of hydrogen-bond acceptors (Lipinski definition) is 2. The van der Waals surface area contributed by atoms with E-state index in [9.17, 15) is 4.91 Å². The average Bonchev–Trinajstić information content (AvgIpc) is 1.59. The van der Waals surface area contributed by atoms with Gasteiger partial charge in [0.1, 0.15) is 0 Å². The van der Waals surface area contributed by atoms with Crippen molar-refractivity contribution in [2.75, 3.05) is 0 Å². The molecule has 0 heterocycles. The lowest BCUT2D eigenvalue weighted by atomic mass is 9.99. The van der Waals surface area contributed by atoms with Crippen LogP contribution in [0.15, 0.2) is 5.18 Å². The van der Waals surface area contributed by atoms with Crippen molar-refractivity contribution in [3.8, 4) is 12.0 Å². The van der Waals surface area contributed by atoms with Crippen molar-refractivity contribution in [2.45, 2.75) is 20.8 Å². The van der Waals surface area contributed by atoms with Crippen molar-refractivity contribution in [3.63, 3.8) is 0 Å². The van der Waals surface area contributed by atoms with E-state index in [2.05, 4.69) is 17.1 Å². The van der Waals surface area contributed by atoms with E-state index in [1.807, 2.05) is 20.8 Å². The second-order valence-electron chi connectivity index (χ2n) is 2.58. The Balaban J connectivity index is 3.87. The van der Waals surface area contributed by atoms with Gasteiger partial charge in [0.15, 0.2) is 0 Å². The van der Waals surface area contributed by atoms with Gasteiger partial charge in [-0.15, -0.1) is 4.91 Å². The molecule has 2 heteroatoms. The van der Waals surface area contributed by atoms with E-state index in [-0.39, 0.29) is 5.41 Å². The molecule has 0 unspecified atom stereocenters. The molecule has 0 aliphatic rings. The standard InChI is InChI=1S/C6H9NO/c1-6(2,3)4-5-7-8/h1-3H3. The summed E-state index contributed by atoms with van der Waals surface area (Å²) in [6, 6.07) is 2.11. The predicted molar refractivity (Wildman–Crippen MR) is 33.0 cm³/mol. The van der Waals surface area contributed by atoms with Crippen LogP contribution in [0.1, 0.15) is 20.8 Å². The Morgan fingerprint density at radius 3 is 2.00 bits per heavy atom. The van der Waals surface area contributed by atoms with Gasteiger partial charge in [-0.05, 0) is 20.8 Å². The normalized spacial score (nSPS) is 9.38. The molecule has 8 heavy (non-hydrogen) atoms. The Kier molecular flexibility index (Phi) is 2.20.